The molecule has 24 heavy (non-hydrogen) atoms. The van der Waals surface area contributed by atoms with Crippen molar-refractivity contribution < 1.29 is 9.59 Å². The fourth-order valence-corrected chi connectivity index (χ4v) is 4.47. The Hall–Kier alpha value is -1.18. The van der Waals surface area contributed by atoms with Crippen LogP contribution >= 0.6 is 39.9 Å². The van der Waals surface area contributed by atoms with Gasteiger partial charge < -0.3 is 4.90 Å². The largest absolute Gasteiger partial charge is 0.308 e. The molecule has 2 aliphatic rings. The average Bonchev–Trinajstić information content (AvgIpc) is 2.96. The van der Waals surface area contributed by atoms with Crippen molar-refractivity contribution in [1.82, 2.24) is 4.90 Å². The number of rotatable bonds is 4. The minimum Gasteiger partial charge on any atom is -0.308 e. The van der Waals surface area contributed by atoms with E-state index in [1.165, 1.54) is 16.7 Å². The summed E-state index contributed by atoms with van der Waals surface area (Å²) in [6.45, 7) is 2.80. The van der Waals surface area contributed by atoms with Gasteiger partial charge in [-0.2, -0.15) is 0 Å². The molecule has 1 fully saturated rings. The zero-order valence-corrected chi connectivity index (χ0v) is 16.7. The summed E-state index contributed by atoms with van der Waals surface area (Å²) < 4.78 is 1.37. The van der Waals surface area contributed by atoms with Gasteiger partial charge in [0, 0.05) is 23.6 Å². The first-order valence-electron chi connectivity index (χ1n) is 7.81. The number of halogens is 1. The van der Waals surface area contributed by atoms with Crippen LogP contribution < -0.4 is 4.90 Å². The summed E-state index contributed by atoms with van der Waals surface area (Å²) in [6.07, 6.45) is 3.11. The fraction of sp³-hybridized carbons (Fsp3) is 0.353. The van der Waals surface area contributed by atoms with Crippen molar-refractivity contribution in [1.29, 1.82) is 0 Å². The van der Waals surface area contributed by atoms with Gasteiger partial charge in [0.2, 0.25) is 0 Å². The molecule has 0 radical (unpaired) electrons. The van der Waals surface area contributed by atoms with Crippen molar-refractivity contribution >= 4 is 67.3 Å². The smallest absolute Gasteiger partial charge is 0.266 e. The fourth-order valence-electron chi connectivity index (χ4n) is 2.86. The second-order valence-corrected chi connectivity index (χ2v) is 8.32. The van der Waals surface area contributed by atoms with Crippen molar-refractivity contribution in [2.45, 2.75) is 26.2 Å². The Morgan fingerprint density at radius 2 is 1.96 bits per heavy atom. The van der Waals surface area contributed by atoms with Crippen LogP contribution in [0.15, 0.2) is 27.6 Å². The summed E-state index contributed by atoms with van der Waals surface area (Å²) in [6, 6.07) is 5.76. The summed E-state index contributed by atoms with van der Waals surface area (Å²) >= 11 is 9.88. The highest BCUT2D eigenvalue weighted by molar-refractivity contribution is 9.10. The third-order valence-electron chi connectivity index (χ3n) is 4.15. The number of anilines is 1. The zero-order valence-electron chi connectivity index (χ0n) is 13.5. The highest BCUT2D eigenvalue weighted by atomic mass is 79.9. The summed E-state index contributed by atoms with van der Waals surface area (Å²) in [5.41, 5.74) is 2.15. The highest BCUT2D eigenvalue weighted by Gasteiger charge is 2.40. The molecule has 0 saturated carbocycles. The molecule has 2 amide bonds. The van der Waals surface area contributed by atoms with E-state index in [-0.39, 0.29) is 11.8 Å². The first-order chi connectivity index (χ1) is 11.5. The van der Waals surface area contributed by atoms with Gasteiger partial charge in [-0.15, -0.1) is 0 Å². The molecule has 0 aromatic heterocycles. The van der Waals surface area contributed by atoms with Crippen LogP contribution in [0, 0.1) is 0 Å². The van der Waals surface area contributed by atoms with Crippen molar-refractivity contribution in [3.63, 3.8) is 0 Å². The number of carbonyl (C=O) groups excluding carboxylic acids is 2. The quantitative estimate of drug-likeness (QED) is 0.412. The second kappa shape index (κ2) is 6.98. The van der Waals surface area contributed by atoms with Crippen molar-refractivity contribution in [3.8, 4) is 0 Å². The number of nitrogens with zero attached hydrogens (tertiary/aromatic N) is 2. The second-order valence-electron chi connectivity index (χ2n) is 5.76. The Kier molecular flexibility index (Phi) is 5.13. The molecular weight excluding hydrogens is 408 g/mol. The van der Waals surface area contributed by atoms with Crippen LogP contribution in [0.5, 0.6) is 0 Å². The number of thiocarbonyl (C=S) groups is 1. The van der Waals surface area contributed by atoms with Crippen LogP contribution in [0.4, 0.5) is 5.69 Å². The van der Waals surface area contributed by atoms with Crippen LogP contribution in [-0.4, -0.2) is 34.6 Å². The monoisotopic (exact) mass is 424 g/mol. The van der Waals surface area contributed by atoms with E-state index in [9.17, 15) is 9.59 Å². The molecule has 3 rings (SSSR count). The van der Waals surface area contributed by atoms with E-state index in [4.69, 9.17) is 12.2 Å². The number of likely N-dealkylation sites (N-methyl/N-ethyl adjacent to an activating group) is 1. The Morgan fingerprint density at radius 1 is 1.21 bits per heavy atom. The van der Waals surface area contributed by atoms with Gasteiger partial charge in [-0.25, -0.2) is 0 Å². The van der Waals surface area contributed by atoms with E-state index in [0.29, 0.717) is 21.3 Å². The molecule has 0 aliphatic carbocycles. The molecule has 126 valence electrons. The molecule has 7 heteroatoms. The normalized spacial score (nSPS) is 20.4. The van der Waals surface area contributed by atoms with Crippen LogP contribution in [0.1, 0.15) is 31.7 Å². The lowest BCUT2D eigenvalue weighted by atomic mass is 10.1. The van der Waals surface area contributed by atoms with Gasteiger partial charge >= 0.3 is 0 Å². The molecule has 4 nitrogen and oxygen atoms in total. The summed E-state index contributed by atoms with van der Waals surface area (Å²) in [4.78, 5) is 29.2. The molecule has 0 bridgehead atoms. The number of carbonyl (C=O) groups is 2. The number of fused-ring (bicyclic) bond motifs is 1. The lowest BCUT2D eigenvalue weighted by Crippen LogP contribution is -2.28. The molecule has 2 heterocycles. The number of amides is 2. The summed E-state index contributed by atoms with van der Waals surface area (Å²) in [5.74, 6) is -0.303. The van der Waals surface area contributed by atoms with Gasteiger partial charge in [-0.05, 0) is 24.6 Å². The Bertz CT molecular complexity index is 776. The third-order valence-corrected chi connectivity index (χ3v) is 6.20. The van der Waals surface area contributed by atoms with E-state index >= 15 is 0 Å². The number of hydrogen-bond donors (Lipinski definition) is 0. The van der Waals surface area contributed by atoms with Gasteiger partial charge in [0.05, 0.1) is 16.2 Å². The predicted octanol–water partition coefficient (Wildman–Crippen LogP) is 4.19. The van der Waals surface area contributed by atoms with E-state index < -0.39 is 0 Å². The predicted molar refractivity (Wildman–Crippen MR) is 106 cm³/mol. The van der Waals surface area contributed by atoms with Crippen molar-refractivity contribution in [3.05, 3.63) is 33.1 Å². The van der Waals surface area contributed by atoms with Gasteiger partial charge in [0.15, 0.2) is 0 Å². The molecule has 0 spiro atoms. The van der Waals surface area contributed by atoms with Gasteiger partial charge in [0.1, 0.15) is 4.32 Å². The number of unbranched alkanes of at least 4 members (excludes halogenated alkanes) is 2. The molecule has 0 unspecified atom stereocenters. The zero-order chi connectivity index (χ0) is 17.4. The minimum atomic E-state index is -0.199. The van der Waals surface area contributed by atoms with E-state index in [1.807, 2.05) is 18.2 Å². The molecule has 1 aromatic rings. The first-order valence-corrected chi connectivity index (χ1v) is 9.83. The standard InChI is InChI=1S/C17H17BrN2O2S2/c1-3-4-5-8-20-12-7-6-10(18)9-11(12)13(15(20)21)14-16(22)19(2)17(23)24-14/h6-7,9H,3-5,8H2,1-2H3. The molecule has 1 saturated heterocycles. The van der Waals surface area contributed by atoms with Crippen LogP contribution in [0.2, 0.25) is 0 Å². The summed E-state index contributed by atoms with van der Waals surface area (Å²) in [5, 5.41) is 0. The Labute approximate surface area is 159 Å². The van der Waals surface area contributed by atoms with E-state index in [1.54, 1.807) is 11.9 Å². The van der Waals surface area contributed by atoms with Gasteiger partial charge in [-0.3, -0.25) is 14.5 Å². The maximum Gasteiger partial charge on any atom is 0.266 e. The first kappa shape index (κ1) is 17.6. The molecule has 2 aliphatic heterocycles. The lowest BCUT2D eigenvalue weighted by Gasteiger charge is -2.16. The Morgan fingerprint density at radius 3 is 2.58 bits per heavy atom. The molecule has 0 atom stereocenters. The number of benzene rings is 1. The van der Waals surface area contributed by atoms with Crippen LogP contribution in [-0.2, 0) is 9.59 Å². The van der Waals surface area contributed by atoms with Crippen LogP contribution in [0.3, 0.4) is 0 Å². The van der Waals surface area contributed by atoms with Crippen LogP contribution in [0.25, 0.3) is 5.57 Å². The Balaban J connectivity index is 2.09. The summed E-state index contributed by atoms with van der Waals surface area (Å²) in [7, 11) is 1.64. The number of hydrogen-bond acceptors (Lipinski definition) is 4. The lowest BCUT2D eigenvalue weighted by molar-refractivity contribution is -0.121. The van der Waals surface area contributed by atoms with Gasteiger partial charge in [0.25, 0.3) is 11.8 Å². The average molecular weight is 425 g/mol. The number of thioether (sulfide) groups is 1. The molecular formula is C17H17BrN2O2S2. The van der Waals surface area contributed by atoms with Gasteiger partial charge in [-0.1, -0.05) is 59.7 Å². The highest BCUT2D eigenvalue weighted by Crippen LogP contribution is 2.45. The van der Waals surface area contributed by atoms with E-state index in [2.05, 4.69) is 22.9 Å². The van der Waals surface area contributed by atoms with Crippen molar-refractivity contribution in [2.24, 2.45) is 0 Å². The third kappa shape index (κ3) is 2.93. The topological polar surface area (TPSA) is 40.6 Å². The minimum absolute atomic E-state index is 0.104. The van der Waals surface area contributed by atoms with E-state index in [0.717, 1.165) is 35.0 Å². The maximum atomic E-state index is 13.0. The molecule has 0 N–H and O–H groups in total. The molecule has 1 aromatic carbocycles. The maximum absolute atomic E-state index is 13.0. The SMILES string of the molecule is CCCCCN1C(=O)C(=C2SC(=S)N(C)C2=O)c2cc(Br)ccc21. The van der Waals surface area contributed by atoms with Crippen molar-refractivity contribution in [2.75, 3.05) is 18.5 Å².